The first-order valence-corrected chi connectivity index (χ1v) is 6.43. The summed E-state index contributed by atoms with van der Waals surface area (Å²) in [5.74, 6) is 0.625. The van der Waals surface area contributed by atoms with Gasteiger partial charge in [0.1, 0.15) is 0 Å². The molecule has 0 bridgehead atoms. The van der Waals surface area contributed by atoms with Crippen molar-refractivity contribution >= 4 is 22.5 Å². The van der Waals surface area contributed by atoms with E-state index in [1.807, 2.05) is 60.5 Å². The SMILES string of the molecule is CN(c1ccccc1)c1nc2ccccc2c(=O)n1C. The minimum Gasteiger partial charge on any atom is -0.315 e. The maximum atomic E-state index is 12.4. The Balaban J connectivity index is 2.22. The van der Waals surface area contributed by atoms with Crippen LogP contribution >= 0.6 is 0 Å². The highest BCUT2D eigenvalue weighted by Crippen LogP contribution is 2.21. The van der Waals surface area contributed by atoms with Crippen molar-refractivity contribution in [1.82, 2.24) is 9.55 Å². The summed E-state index contributed by atoms with van der Waals surface area (Å²) in [6.45, 7) is 0. The second-order valence-electron chi connectivity index (χ2n) is 4.69. The monoisotopic (exact) mass is 265 g/mol. The van der Waals surface area contributed by atoms with E-state index in [2.05, 4.69) is 4.98 Å². The van der Waals surface area contributed by atoms with E-state index in [1.54, 1.807) is 17.7 Å². The summed E-state index contributed by atoms with van der Waals surface area (Å²) in [6, 6.07) is 17.3. The smallest absolute Gasteiger partial charge is 0.262 e. The van der Waals surface area contributed by atoms with Gasteiger partial charge in [-0.3, -0.25) is 9.36 Å². The van der Waals surface area contributed by atoms with Crippen LogP contribution in [-0.2, 0) is 7.05 Å². The Hall–Kier alpha value is -2.62. The molecule has 4 nitrogen and oxygen atoms in total. The van der Waals surface area contributed by atoms with Crippen molar-refractivity contribution in [3.05, 3.63) is 65.0 Å². The van der Waals surface area contributed by atoms with Gasteiger partial charge in [-0.15, -0.1) is 0 Å². The summed E-state index contributed by atoms with van der Waals surface area (Å²) >= 11 is 0. The van der Waals surface area contributed by atoms with Crippen LogP contribution in [0.3, 0.4) is 0 Å². The third-order valence-electron chi connectivity index (χ3n) is 3.40. The van der Waals surface area contributed by atoms with E-state index in [9.17, 15) is 4.79 Å². The van der Waals surface area contributed by atoms with Crippen LogP contribution in [0, 0.1) is 0 Å². The lowest BCUT2D eigenvalue weighted by Crippen LogP contribution is -2.26. The number of rotatable bonds is 2. The van der Waals surface area contributed by atoms with Gasteiger partial charge in [-0.25, -0.2) is 4.98 Å². The Morgan fingerprint density at radius 1 is 1.00 bits per heavy atom. The highest BCUT2D eigenvalue weighted by atomic mass is 16.1. The van der Waals surface area contributed by atoms with Crippen LogP contribution in [0.4, 0.5) is 11.6 Å². The minimum absolute atomic E-state index is 0.0339. The third kappa shape index (κ3) is 1.95. The molecular weight excluding hydrogens is 250 g/mol. The Morgan fingerprint density at radius 2 is 1.65 bits per heavy atom. The summed E-state index contributed by atoms with van der Waals surface area (Å²) in [6.07, 6.45) is 0. The van der Waals surface area contributed by atoms with Gasteiger partial charge in [0.05, 0.1) is 10.9 Å². The van der Waals surface area contributed by atoms with Crippen molar-refractivity contribution in [2.45, 2.75) is 0 Å². The quantitative estimate of drug-likeness (QED) is 0.715. The molecule has 0 saturated carbocycles. The number of hydrogen-bond donors (Lipinski definition) is 0. The van der Waals surface area contributed by atoms with Gasteiger partial charge >= 0.3 is 0 Å². The van der Waals surface area contributed by atoms with Crippen molar-refractivity contribution in [1.29, 1.82) is 0 Å². The highest BCUT2D eigenvalue weighted by molar-refractivity contribution is 5.79. The summed E-state index contributed by atoms with van der Waals surface area (Å²) in [5, 5.41) is 0.639. The lowest BCUT2D eigenvalue weighted by Gasteiger charge is -2.21. The molecule has 0 saturated heterocycles. The van der Waals surface area contributed by atoms with Crippen LogP contribution in [-0.4, -0.2) is 16.6 Å². The molecule has 3 rings (SSSR count). The maximum Gasteiger partial charge on any atom is 0.262 e. The van der Waals surface area contributed by atoms with Crippen LogP contribution in [0.1, 0.15) is 0 Å². The molecule has 100 valence electrons. The van der Waals surface area contributed by atoms with Gasteiger partial charge in [0.25, 0.3) is 5.56 Å². The van der Waals surface area contributed by atoms with Crippen LogP contribution in [0.2, 0.25) is 0 Å². The maximum absolute atomic E-state index is 12.4. The molecule has 4 heteroatoms. The molecule has 0 N–H and O–H groups in total. The molecule has 0 spiro atoms. The van der Waals surface area contributed by atoms with Crippen molar-refractivity contribution in [3.8, 4) is 0 Å². The normalized spacial score (nSPS) is 10.7. The first kappa shape index (κ1) is 12.4. The van der Waals surface area contributed by atoms with Gasteiger partial charge in [-0.05, 0) is 24.3 Å². The second-order valence-corrected chi connectivity index (χ2v) is 4.69. The topological polar surface area (TPSA) is 38.1 Å². The fourth-order valence-corrected chi connectivity index (χ4v) is 2.27. The Kier molecular flexibility index (Phi) is 2.99. The van der Waals surface area contributed by atoms with Crippen molar-refractivity contribution in [2.24, 2.45) is 7.05 Å². The van der Waals surface area contributed by atoms with Crippen LogP contribution in [0.25, 0.3) is 10.9 Å². The number of hydrogen-bond acceptors (Lipinski definition) is 3. The van der Waals surface area contributed by atoms with E-state index in [0.717, 1.165) is 5.69 Å². The zero-order chi connectivity index (χ0) is 14.1. The minimum atomic E-state index is -0.0339. The Labute approximate surface area is 116 Å². The number of para-hydroxylation sites is 2. The predicted octanol–water partition coefficient (Wildman–Crippen LogP) is 2.70. The van der Waals surface area contributed by atoms with Crippen LogP contribution in [0.15, 0.2) is 59.4 Å². The van der Waals surface area contributed by atoms with Crippen molar-refractivity contribution in [2.75, 3.05) is 11.9 Å². The molecule has 1 aromatic heterocycles. The summed E-state index contributed by atoms with van der Waals surface area (Å²) < 4.78 is 1.58. The molecule has 0 atom stereocenters. The molecule has 1 heterocycles. The standard InChI is InChI=1S/C16H15N3O/c1-18(12-8-4-3-5-9-12)16-17-14-11-7-6-10-13(14)15(20)19(16)2/h3-11H,1-2H3. The zero-order valence-electron chi connectivity index (χ0n) is 11.4. The number of nitrogens with zero attached hydrogens (tertiary/aromatic N) is 3. The van der Waals surface area contributed by atoms with Gasteiger partial charge in [0.2, 0.25) is 5.95 Å². The summed E-state index contributed by atoms with van der Waals surface area (Å²) in [4.78, 5) is 18.9. The van der Waals surface area contributed by atoms with Crippen molar-refractivity contribution < 1.29 is 0 Å². The molecule has 0 fully saturated rings. The average molecular weight is 265 g/mol. The van der Waals surface area contributed by atoms with Gasteiger partial charge in [-0.1, -0.05) is 30.3 Å². The lowest BCUT2D eigenvalue weighted by atomic mass is 10.2. The predicted molar refractivity (Wildman–Crippen MR) is 81.5 cm³/mol. The molecule has 0 aliphatic rings. The highest BCUT2D eigenvalue weighted by Gasteiger charge is 2.12. The largest absolute Gasteiger partial charge is 0.315 e. The molecule has 0 aliphatic heterocycles. The van der Waals surface area contributed by atoms with E-state index in [0.29, 0.717) is 16.9 Å². The molecular formula is C16H15N3O. The van der Waals surface area contributed by atoms with Crippen molar-refractivity contribution in [3.63, 3.8) is 0 Å². The first-order valence-electron chi connectivity index (χ1n) is 6.43. The number of fused-ring (bicyclic) bond motifs is 1. The van der Waals surface area contributed by atoms with Gasteiger partial charge in [0.15, 0.2) is 0 Å². The average Bonchev–Trinajstić information content (AvgIpc) is 2.51. The molecule has 2 aromatic carbocycles. The molecule has 0 radical (unpaired) electrons. The Bertz CT molecular complexity index is 809. The lowest BCUT2D eigenvalue weighted by molar-refractivity contribution is 0.823. The third-order valence-corrected chi connectivity index (χ3v) is 3.40. The zero-order valence-corrected chi connectivity index (χ0v) is 11.4. The van der Waals surface area contributed by atoms with E-state index in [4.69, 9.17) is 0 Å². The summed E-state index contributed by atoms with van der Waals surface area (Å²) in [5.41, 5.74) is 1.67. The number of anilines is 2. The van der Waals surface area contributed by atoms with E-state index in [-0.39, 0.29) is 5.56 Å². The summed E-state index contributed by atoms with van der Waals surface area (Å²) in [7, 11) is 3.66. The van der Waals surface area contributed by atoms with Gasteiger partial charge in [-0.2, -0.15) is 0 Å². The van der Waals surface area contributed by atoms with E-state index in [1.165, 1.54) is 0 Å². The number of benzene rings is 2. The molecule has 20 heavy (non-hydrogen) atoms. The van der Waals surface area contributed by atoms with Crippen LogP contribution in [0.5, 0.6) is 0 Å². The van der Waals surface area contributed by atoms with E-state index >= 15 is 0 Å². The second kappa shape index (κ2) is 4.81. The fraction of sp³-hybridized carbons (Fsp3) is 0.125. The van der Waals surface area contributed by atoms with Gasteiger partial charge in [0, 0.05) is 19.8 Å². The van der Waals surface area contributed by atoms with Gasteiger partial charge < -0.3 is 4.90 Å². The van der Waals surface area contributed by atoms with E-state index < -0.39 is 0 Å². The number of aromatic nitrogens is 2. The first-order chi connectivity index (χ1) is 9.68. The molecule has 0 amide bonds. The Morgan fingerprint density at radius 3 is 2.40 bits per heavy atom. The fourth-order valence-electron chi connectivity index (χ4n) is 2.27. The molecule has 3 aromatic rings. The molecule has 0 unspecified atom stereocenters. The van der Waals surface area contributed by atoms with Crippen LogP contribution < -0.4 is 10.5 Å². The molecule has 0 aliphatic carbocycles.